The molecule has 0 radical (unpaired) electrons. The van der Waals surface area contributed by atoms with Crippen LogP contribution in [-0.2, 0) is 6.54 Å². The maximum absolute atomic E-state index is 12.6. The van der Waals surface area contributed by atoms with E-state index >= 15 is 0 Å². The number of hydrogen-bond acceptors (Lipinski definition) is 4. The molecule has 0 bridgehead atoms. The Balaban J connectivity index is 1.41. The number of hydrogen-bond donors (Lipinski definition) is 1. The molecule has 1 N–H and O–H groups in total. The van der Waals surface area contributed by atoms with Crippen molar-refractivity contribution < 1.29 is 4.79 Å². The van der Waals surface area contributed by atoms with Crippen LogP contribution in [0.4, 0.5) is 4.79 Å². The van der Waals surface area contributed by atoms with Crippen molar-refractivity contribution >= 4 is 28.5 Å². The van der Waals surface area contributed by atoms with Gasteiger partial charge in [0, 0.05) is 38.0 Å². The van der Waals surface area contributed by atoms with Crippen LogP contribution in [0.1, 0.15) is 30.9 Å². The van der Waals surface area contributed by atoms with Gasteiger partial charge >= 0.3 is 6.03 Å². The van der Waals surface area contributed by atoms with E-state index in [0.717, 1.165) is 40.5 Å². The van der Waals surface area contributed by atoms with Crippen LogP contribution in [0.25, 0.3) is 0 Å². The Kier molecular flexibility index (Phi) is 6.00. The number of nitrogens with one attached hydrogen (secondary N) is 1. The molecule has 0 aromatic heterocycles. The Hall–Kier alpha value is -2.60. The quantitative estimate of drug-likeness (QED) is 0.821. The number of aliphatic imine (C=N–C) groups is 2. The molecule has 1 spiro atoms. The average Bonchev–Trinajstić information content (AvgIpc) is 3.12. The summed E-state index contributed by atoms with van der Waals surface area (Å²) in [4.78, 5) is 24.5. The third-order valence-electron chi connectivity index (χ3n) is 5.30. The van der Waals surface area contributed by atoms with E-state index in [0.29, 0.717) is 19.6 Å². The van der Waals surface area contributed by atoms with E-state index in [1.807, 2.05) is 53.4 Å². The predicted molar refractivity (Wildman–Crippen MR) is 121 cm³/mol. The zero-order valence-corrected chi connectivity index (χ0v) is 17.5. The lowest BCUT2D eigenvalue weighted by molar-refractivity contribution is 0.163. The van der Waals surface area contributed by atoms with Crippen LogP contribution in [-0.4, -0.2) is 46.2 Å². The lowest BCUT2D eigenvalue weighted by atomic mass is 9.99. The SMILES string of the molecule is CCSC1=NC2(CCN(C(=O)NCc3ccccc3)CC2)N=C1c1ccccc1. The van der Waals surface area contributed by atoms with E-state index in [4.69, 9.17) is 9.98 Å². The summed E-state index contributed by atoms with van der Waals surface area (Å²) < 4.78 is 0. The molecule has 2 heterocycles. The van der Waals surface area contributed by atoms with Gasteiger partial charge in [-0.05, 0) is 11.3 Å². The van der Waals surface area contributed by atoms with Gasteiger partial charge in [0.15, 0.2) is 5.66 Å². The Morgan fingerprint density at radius 2 is 1.69 bits per heavy atom. The maximum Gasteiger partial charge on any atom is 0.317 e. The van der Waals surface area contributed by atoms with Crippen molar-refractivity contribution in [3.05, 3.63) is 71.8 Å². The van der Waals surface area contributed by atoms with Crippen molar-refractivity contribution in [2.45, 2.75) is 32.0 Å². The number of benzene rings is 2. The van der Waals surface area contributed by atoms with Gasteiger partial charge in [-0.15, -0.1) is 11.8 Å². The van der Waals surface area contributed by atoms with Gasteiger partial charge in [0.05, 0.1) is 5.71 Å². The lowest BCUT2D eigenvalue weighted by Crippen LogP contribution is -2.48. The van der Waals surface area contributed by atoms with E-state index in [1.54, 1.807) is 11.8 Å². The molecule has 0 atom stereocenters. The summed E-state index contributed by atoms with van der Waals surface area (Å²) in [5, 5.41) is 4.05. The Morgan fingerprint density at radius 3 is 2.34 bits per heavy atom. The summed E-state index contributed by atoms with van der Waals surface area (Å²) in [5.41, 5.74) is 2.80. The molecule has 0 unspecified atom stereocenters. The molecule has 2 aliphatic rings. The van der Waals surface area contributed by atoms with Gasteiger partial charge in [-0.2, -0.15) is 0 Å². The van der Waals surface area contributed by atoms with E-state index in [-0.39, 0.29) is 6.03 Å². The zero-order valence-electron chi connectivity index (χ0n) is 16.7. The summed E-state index contributed by atoms with van der Waals surface area (Å²) in [6.45, 7) is 4.02. The Bertz CT molecular complexity index is 903. The molecule has 6 heteroatoms. The van der Waals surface area contributed by atoms with Crippen molar-refractivity contribution in [2.75, 3.05) is 18.8 Å². The van der Waals surface area contributed by atoms with Gasteiger partial charge in [0.2, 0.25) is 0 Å². The fourth-order valence-electron chi connectivity index (χ4n) is 3.72. The number of thioether (sulfide) groups is 1. The van der Waals surface area contributed by atoms with Crippen molar-refractivity contribution in [1.82, 2.24) is 10.2 Å². The fourth-order valence-corrected chi connectivity index (χ4v) is 4.53. The minimum Gasteiger partial charge on any atom is -0.334 e. The van der Waals surface area contributed by atoms with Gasteiger partial charge < -0.3 is 10.2 Å². The fraction of sp³-hybridized carbons (Fsp3) is 0.348. The molecule has 4 rings (SSSR count). The highest BCUT2D eigenvalue weighted by Gasteiger charge is 2.40. The smallest absolute Gasteiger partial charge is 0.317 e. The van der Waals surface area contributed by atoms with Crippen LogP contribution in [0, 0.1) is 0 Å². The van der Waals surface area contributed by atoms with Crippen LogP contribution < -0.4 is 5.32 Å². The van der Waals surface area contributed by atoms with Crippen molar-refractivity contribution in [1.29, 1.82) is 0 Å². The first-order valence-corrected chi connectivity index (χ1v) is 11.1. The van der Waals surface area contributed by atoms with Crippen LogP contribution in [0.3, 0.4) is 0 Å². The highest BCUT2D eigenvalue weighted by Crippen LogP contribution is 2.35. The van der Waals surface area contributed by atoms with Gasteiger partial charge in [-0.3, -0.25) is 4.99 Å². The third kappa shape index (κ3) is 4.53. The molecule has 1 saturated heterocycles. The predicted octanol–water partition coefficient (Wildman–Crippen LogP) is 4.34. The van der Waals surface area contributed by atoms with Crippen LogP contribution in [0.5, 0.6) is 0 Å². The molecule has 2 aromatic carbocycles. The summed E-state index contributed by atoms with van der Waals surface area (Å²) in [6, 6.07) is 20.3. The minimum atomic E-state index is -0.418. The molecule has 5 nitrogen and oxygen atoms in total. The summed E-state index contributed by atoms with van der Waals surface area (Å²) in [5.74, 6) is 0.967. The minimum absolute atomic E-state index is 0.0129. The number of likely N-dealkylation sites (tertiary alicyclic amines) is 1. The van der Waals surface area contributed by atoms with Gasteiger partial charge in [0.1, 0.15) is 5.04 Å². The Labute approximate surface area is 176 Å². The number of carbonyl (C=O) groups is 1. The summed E-state index contributed by atoms with van der Waals surface area (Å²) in [7, 11) is 0. The summed E-state index contributed by atoms with van der Waals surface area (Å²) in [6.07, 6.45) is 1.52. The third-order valence-corrected chi connectivity index (χ3v) is 6.15. The Morgan fingerprint density at radius 1 is 1.03 bits per heavy atom. The number of piperidine rings is 1. The first-order valence-electron chi connectivity index (χ1n) is 10.1. The summed E-state index contributed by atoms with van der Waals surface area (Å²) >= 11 is 1.75. The van der Waals surface area contributed by atoms with Crippen LogP contribution >= 0.6 is 11.8 Å². The van der Waals surface area contributed by atoms with Crippen LogP contribution in [0.15, 0.2) is 70.6 Å². The maximum atomic E-state index is 12.6. The number of urea groups is 1. The van der Waals surface area contributed by atoms with E-state index in [9.17, 15) is 4.79 Å². The molecular formula is C23H26N4OS. The van der Waals surface area contributed by atoms with E-state index < -0.39 is 5.66 Å². The molecule has 150 valence electrons. The van der Waals surface area contributed by atoms with Crippen LogP contribution in [0.2, 0.25) is 0 Å². The molecule has 1 fully saturated rings. The van der Waals surface area contributed by atoms with Gasteiger partial charge in [-0.1, -0.05) is 67.6 Å². The topological polar surface area (TPSA) is 57.1 Å². The van der Waals surface area contributed by atoms with Gasteiger partial charge in [-0.25, -0.2) is 9.79 Å². The van der Waals surface area contributed by atoms with Crippen molar-refractivity contribution in [2.24, 2.45) is 9.98 Å². The molecule has 2 amide bonds. The highest BCUT2D eigenvalue weighted by atomic mass is 32.2. The highest BCUT2D eigenvalue weighted by molar-refractivity contribution is 8.15. The standard InChI is InChI=1S/C23H26N4OS/c1-2-29-21-20(19-11-7-4-8-12-19)25-23(26-21)13-15-27(16-14-23)22(28)24-17-18-9-5-3-6-10-18/h3-12H,2,13-17H2,1H3,(H,24,28). The average molecular weight is 407 g/mol. The lowest BCUT2D eigenvalue weighted by Gasteiger charge is -2.35. The number of rotatable bonds is 4. The van der Waals surface area contributed by atoms with Gasteiger partial charge in [0.25, 0.3) is 0 Å². The number of nitrogens with zero attached hydrogens (tertiary/aromatic N) is 3. The monoisotopic (exact) mass is 406 g/mol. The second-order valence-electron chi connectivity index (χ2n) is 7.29. The second kappa shape index (κ2) is 8.82. The molecule has 2 aromatic rings. The number of amides is 2. The first kappa shape index (κ1) is 19.7. The van der Waals surface area contributed by atoms with E-state index in [2.05, 4.69) is 24.4 Å². The normalized spacial score (nSPS) is 17.8. The first-order chi connectivity index (χ1) is 14.2. The molecule has 0 aliphatic carbocycles. The van der Waals surface area contributed by atoms with Crippen molar-refractivity contribution in [3.8, 4) is 0 Å². The second-order valence-corrected chi connectivity index (χ2v) is 8.54. The van der Waals surface area contributed by atoms with Crippen molar-refractivity contribution in [3.63, 3.8) is 0 Å². The zero-order chi connectivity index (χ0) is 20.1. The molecule has 0 saturated carbocycles. The molecule has 29 heavy (non-hydrogen) atoms. The largest absolute Gasteiger partial charge is 0.334 e. The van der Waals surface area contributed by atoms with E-state index in [1.165, 1.54) is 0 Å². The molecular weight excluding hydrogens is 380 g/mol. The molecule has 2 aliphatic heterocycles. The number of carbonyl (C=O) groups excluding carboxylic acids is 1.